The Morgan fingerprint density at radius 1 is 0.667 bits per heavy atom. The van der Waals surface area contributed by atoms with E-state index in [0.717, 1.165) is 12.3 Å². The second-order valence-electron chi connectivity index (χ2n) is 6.75. The predicted molar refractivity (Wildman–Crippen MR) is 91.5 cm³/mol. The maximum atomic E-state index is 9.94. The highest BCUT2D eigenvalue weighted by Gasteiger charge is 1.96. The van der Waals surface area contributed by atoms with Crippen molar-refractivity contribution in [3.63, 3.8) is 0 Å². The zero-order valence-corrected chi connectivity index (χ0v) is 14.6. The van der Waals surface area contributed by atoms with Crippen molar-refractivity contribution in [2.75, 3.05) is 6.61 Å². The van der Waals surface area contributed by atoms with Crippen molar-refractivity contribution >= 4 is 6.47 Å². The number of hydrogen-bond donors (Lipinski definition) is 0. The normalized spacial score (nSPS) is 11.0. The molecule has 0 spiro atoms. The van der Waals surface area contributed by atoms with Crippen LogP contribution in [0.5, 0.6) is 0 Å². The van der Waals surface area contributed by atoms with E-state index in [1.165, 1.54) is 83.5 Å². The van der Waals surface area contributed by atoms with Gasteiger partial charge in [0.25, 0.3) is 6.47 Å². The Labute approximate surface area is 133 Å². The summed E-state index contributed by atoms with van der Waals surface area (Å²) in [7, 11) is 0. The summed E-state index contributed by atoms with van der Waals surface area (Å²) in [6, 6.07) is 0. The second-order valence-corrected chi connectivity index (χ2v) is 6.75. The van der Waals surface area contributed by atoms with Crippen LogP contribution < -0.4 is 0 Å². The minimum absolute atomic E-state index is 0.546. The summed E-state index contributed by atoms with van der Waals surface area (Å²) in [6.07, 6.45) is 19.1. The lowest BCUT2D eigenvalue weighted by Crippen LogP contribution is -1.91. The van der Waals surface area contributed by atoms with Gasteiger partial charge in [-0.15, -0.1) is 0 Å². The van der Waals surface area contributed by atoms with Crippen LogP contribution in [0.25, 0.3) is 0 Å². The first kappa shape index (κ1) is 20.5. The Bertz CT molecular complexity index is 202. The van der Waals surface area contributed by atoms with Crippen LogP contribution >= 0.6 is 0 Å². The number of hydrogen-bond acceptors (Lipinski definition) is 2. The minimum atomic E-state index is 0.546. The van der Waals surface area contributed by atoms with Crippen molar-refractivity contribution in [3.8, 4) is 0 Å². The average molecular weight is 299 g/mol. The van der Waals surface area contributed by atoms with Gasteiger partial charge in [0.2, 0.25) is 0 Å². The van der Waals surface area contributed by atoms with Gasteiger partial charge in [0.1, 0.15) is 0 Å². The summed E-state index contributed by atoms with van der Waals surface area (Å²) in [6.45, 7) is 5.78. The molecule has 0 bridgehead atoms. The Kier molecular flexibility index (Phi) is 17.1. The molecule has 0 aliphatic rings. The van der Waals surface area contributed by atoms with Crippen LogP contribution in [-0.2, 0) is 9.53 Å². The second kappa shape index (κ2) is 17.5. The fourth-order valence-electron chi connectivity index (χ4n) is 2.73. The lowest BCUT2D eigenvalue weighted by atomic mass is 10.0. The van der Waals surface area contributed by atoms with E-state index in [0.29, 0.717) is 13.1 Å². The predicted octanol–water partition coefficient (Wildman–Crippen LogP) is 6.28. The lowest BCUT2D eigenvalue weighted by molar-refractivity contribution is -0.128. The zero-order valence-electron chi connectivity index (χ0n) is 14.6. The fraction of sp³-hybridized carbons (Fsp3) is 0.947. The van der Waals surface area contributed by atoms with E-state index in [-0.39, 0.29) is 0 Å². The molecule has 0 saturated carbocycles. The average Bonchev–Trinajstić information content (AvgIpc) is 2.46. The third kappa shape index (κ3) is 19.5. The van der Waals surface area contributed by atoms with Gasteiger partial charge in [-0.1, -0.05) is 97.3 Å². The molecule has 0 unspecified atom stereocenters. The van der Waals surface area contributed by atoms with E-state index in [2.05, 4.69) is 18.6 Å². The molecule has 0 aromatic heterocycles. The summed E-state index contributed by atoms with van der Waals surface area (Å²) in [5.41, 5.74) is 0. The maximum Gasteiger partial charge on any atom is 0.293 e. The molecule has 0 atom stereocenters. The van der Waals surface area contributed by atoms with E-state index in [1.54, 1.807) is 0 Å². The highest BCUT2D eigenvalue weighted by Crippen LogP contribution is 2.14. The Balaban J connectivity index is 2.95. The quantitative estimate of drug-likeness (QED) is 0.233. The summed E-state index contributed by atoms with van der Waals surface area (Å²) >= 11 is 0. The molecule has 0 heterocycles. The van der Waals surface area contributed by atoms with Crippen LogP contribution in [0.1, 0.15) is 104 Å². The Morgan fingerprint density at radius 2 is 1.05 bits per heavy atom. The third-order valence-electron chi connectivity index (χ3n) is 4.11. The number of rotatable bonds is 17. The SMILES string of the molecule is CC(C)CCCCCCCCCCCCCCCOC=O. The molecule has 0 aromatic rings. The summed E-state index contributed by atoms with van der Waals surface area (Å²) < 4.78 is 4.67. The summed E-state index contributed by atoms with van der Waals surface area (Å²) in [5, 5.41) is 0. The van der Waals surface area contributed by atoms with Crippen LogP contribution in [-0.4, -0.2) is 13.1 Å². The monoisotopic (exact) mass is 298 g/mol. The topological polar surface area (TPSA) is 26.3 Å². The van der Waals surface area contributed by atoms with Crippen molar-refractivity contribution in [1.29, 1.82) is 0 Å². The van der Waals surface area contributed by atoms with Crippen LogP contribution in [0.4, 0.5) is 0 Å². The first-order chi connectivity index (χ1) is 10.3. The molecule has 0 fully saturated rings. The highest BCUT2D eigenvalue weighted by atomic mass is 16.5. The molecule has 0 aliphatic heterocycles. The van der Waals surface area contributed by atoms with Gasteiger partial charge in [-0.2, -0.15) is 0 Å². The van der Waals surface area contributed by atoms with Crippen molar-refractivity contribution in [2.24, 2.45) is 5.92 Å². The van der Waals surface area contributed by atoms with Gasteiger partial charge in [0, 0.05) is 0 Å². The first-order valence-electron chi connectivity index (χ1n) is 9.32. The molecule has 2 nitrogen and oxygen atoms in total. The molecule has 0 rings (SSSR count). The molecule has 0 radical (unpaired) electrons. The molecule has 0 saturated heterocycles. The molecule has 2 heteroatoms. The van der Waals surface area contributed by atoms with Gasteiger partial charge in [0.15, 0.2) is 0 Å². The third-order valence-corrected chi connectivity index (χ3v) is 4.11. The number of carbonyl (C=O) groups excluding carboxylic acids is 1. The van der Waals surface area contributed by atoms with Gasteiger partial charge in [-0.25, -0.2) is 0 Å². The first-order valence-corrected chi connectivity index (χ1v) is 9.32. The van der Waals surface area contributed by atoms with Crippen molar-refractivity contribution in [2.45, 2.75) is 104 Å². The molecular weight excluding hydrogens is 260 g/mol. The van der Waals surface area contributed by atoms with Crippen LogP contribution in [0.3, 0.4) is 0 Å². The number of carbonyl (C=O) groups is 1. The summed E-state index contributed by atoms with van der Waals surface area (Å²) in [4.78, 5) is 9.94. The van der Waals surface area contributed by atoms with E-state index in [1.807, 2.05) is 0 Å². The van der Waals surface area contributed by atoms with Crippen molar-refractivity contribution in [3.05, 3.63) is 0 Å². The smallest absolute Gasteiger partial charge is 0.293 e. The molecule has 0 amide bonds. The lowest BCUT2D eigenvalue weighted by Gasteiger charge is -2.05. The highest BCUT2D eigenvalue weighted by molar-refractivity contribution is 5.36. The number of ether oxygens (including phenoxy) is 1. The van der Waals surface area contributed by atoms with Crippen LogP contribution in [0, 0.1) is 5.92 Å². The zero-order chi connectivity index (χ0) is 15.6. The van der Waals surface area contributed by atoms with Gasteiger partial charge in [-0.3, -0.25) is 4.79 Å². The van der Waals surface area contributed by atoms with E-state index in [9.17, 15) is 4.79 Å². The van der Waals surface area contributed by atoms with Gasteiger partial charge in [-0.05, 0) is 12.3 Å². The number of unbranched alkanes of at least 4 members (excludes halogenated alkanes) is 12. The van der Waals surface area contributed by atoms with E-state index in [4.69, 9.17) is 0 Å². The van der Waals surface area contributed by atoms with Gasteiger partial charge in [0.05, 0.1) is 6.61 Å². The standard InChI is InChI=1S/C19H38O2/c1-19(2)16-14-12-10-8-6-4-3-5-7-9-11-13-15-17-21-18-20/h18-19H,3-17H2,1-2H3. The largest absolute Gasteiger partial charge is 0.468 e. The molecule has 21 heavy (non-hydrogen) atoms. The fourth-order valence-corrected chi connectivity index (χ4v) is 2.73. The van der Waals surface area contributed by atoms with Crippen molar-refractivity contribution in [1.82, 2.24) is 0 Å². The molecular formula is C19H38O2. The molecule has 0 aromatic carbocycles. The summed E-state index contributed by atoms with van der Waals surface area (Å²) in [5.74, 6) is 0.877. The minimum Gasteiger partial charge on any atom is -0.468 e. The van der Waals surface area contributed by atoms with Gasteiger partial charge < -0.3 is 4.74 Å². The Hall–Kier alpha value is -0.530. The molecule has 0 N–H and O–H groups in total. The van der Waals surface area contributed by atoms with Crippen LogP contribution in [0.2, 0.25) is 0 Å². The van der Waals surface area contributed by atoms with E-state index < -0.39 is 0 Å². The van der Waals surface area contributed by atoms with Gasteiger partial charge >= 0.3 is 0 Å². The molecule has 0 aliphatic carbocycles. The van der Waals surface area contributed by atoms with Crippen molar-refractivity contribution < 1.29 is 9.53 Å². The molecule has 126 valence electrons. The Morgan fingerprint density at radius 3 is 1.43 bits per heavy atom. The van der Waals surface area contributed by atoms with Crippen LogP contribution in [0.15, 0.2) is 0 Å². The van der Waals surface area contributed by atoms with E-state index >= 15 is 0 Å². The maximum absolute atomic E-state index is 9.94.